The second-order valence-electron chi connectivity index (χ2n) is 5.34. The first-order valence-corrected chi connectivity index (χ1v) is 7.03. The lowest BCUT2D eigenvalue weighted by atomic mass is 9.95. The first-order valence-electron chi connectivity index (χ1n) is 7.03. The summed E-state index contributed by atoms with van der Waals surface area (Å²) < 4.78 is 0. The average Bonchev–Trinajstić information content (AvgIpc) is 3.12. The molecule has 1 atom stereocenters. The van der Waals surface area contributed by atoms with Gasteiger partial charge in [0.25, 0.3) is 0 Å². The third-order valence-electron chi connectivity index (χ3n) is 3.53. The van der Waals surface area contributed by atoms with Gasteiger partial charge >= 0.3 is 0 Å². The van der Waals surface area contributed by atoms with E-state index in [4.69, 9.17) is 5.73 Å². The molecule has 1 unspecified atom stereocenters. The number of piperidine rings is 1. The van der Waals surface area contributed by atoms with Gasteiger partial charge in [0.05, 0.1) is 0 Å². The van der Waals surface area contributed by atoms with E-state index in [1.54, 1.807) is 0 Å². The van der Waals surface area contributed by atoms with Crippen LogP contribution >= 0.6 is 24.0 Å². The van der Waals surface area contributed by atoms with Crippen LogP contribution in [-0.4, -0.2) is 42.4 Å². The van der Waals surface area contributed by atoms with Crippen LogP contribution in [-0.2, 0) is 4.79 Å². The number of aliphatic imine (C=N–C) groups is 1. The van der Waals surface area contributed by atoms with Crippen molar-refractivity contribution in [2.24, 2.45) is 16.6 Å². The van der Waals surface area contributed by atoms with Crippen LogP contribution in [0.1, 0.15) is 39.0 Å². The lowest BCUT2D eigenvalue weighted by Crippen LogP contribution is -2.47. The van der Waals surface area contributed by atoms with Gasteiger partial charge in [-0.2, -0.15) is 0 Å². The van der Waals surface area contributed by atoms with Crippen LogP contribution in [0.4, 0.5) is 0 Å². The zero-order valence-electron chi connectivity index (χ0n) is 11.6. The number of likely N-dealkylation sites (tertiary alicyclic amines) is 1. The van der Waals surface area contributed by atoms with E-state index in [0.717, 1.165) is 38.4 Å². The molecule has 0 aromatic carbocycles. The molecule has 1 aliphatic heterocycles. The van der Waals surface area contributed by atoms with E-state index in [9.17, 15) is 4.79 Å². The van der Waals surface area contributed by atoms with E-state index in [0.29, 0.717) is 18.4 Å². The Morgan fingerprint density at radius 3 is 2.74 bits per heavy atom. The summed E-state index contributed by atoms with van der Waals surface area (Å²) in [5.41, 5.74) is 5.29. The molecule has 5 nitrogen and oxygen atoms in total. The van der Waals surface area contributed by atoms with Crippen LogP contribution in [0.5, 0.6) is 0 Å². The van der Waals surface area contributed by atoms with Crippen molar-refractivity contribution in [3.8, 4) is 0 Å². The van der Waals surface area contributed by atoms with E-state index >= 15 is 0 Å². The predicted molar refractivity (Wildman–Crippen MR) is 87.7 cm³/mol. The highest BCUT2D eigenvalue weighted by atomic mass is 127. The highest BCUT2D eigenvalue weighted by Gasteiger charge is 2.28. The molecule has 2 rings (SSSR count). The van der Waals surface area contributed by atoms with E-state index in [-0.39, 0.29) is 29.9 Å². The van der Waals surface area contributed by atoms with Crippen LogP contribution in [0.2, 0.25) is 0 Å². The zero-order valence-corrected chi connectivity index (χ0v) is 13.9. The third-order valence-corrected chi connectivity index (χ3v) is 3.53. The molecule has 0 radical (unpaired) electrons. The Morgan fingerprint density at radius 2 is 2.16 bits per heavy atom. The SMILES string of the molecule is CCN=C(NC1CC1)N1CCCC(CC(N)=O)C1.I. The summed E-state index contributed by atoms with van der Waals surface area (Å²) in [7, 11) is 0. The first kappa shape index (κ1) is 16.5. The Bertz CT molecular complexity index is 331. The molecule has 19 heavy (non-hydrogen) atoms. The van der Waals surface area contributed by atoms with E-state index in [1.807, 2.05) is 0 Å². The number of guanidine groups is 1. The lowest BCUT2D eigenvalue weighted by molar-refractivity contribution is -0.119. The number of nitrogens with one attached hydrogen (secondary N) is 1. The molecule has 0 aromatic heterocycles. The van der Waals surface area contributed by atoms with Gasteiger partial charge in [-0.05, 0) is 38.5 Å². The number of hydrogen-bond acceptors (Lipinski definition) is 2. The molecule has 1 saturated carbocycles. The molecule has 1 amide bonds. The highest BCUT2D eigenvalue weighted by molar-refractivity contribution is 14.0. The Hall–Kier alpha value is -0.530. The summed E-state index contributed by atoms with van der Waals surface area (Å²) in [6, 6.07) is 0.617. The number of carbonyl (C=O) groups is 1. The fraction of sp³-hybridized carbons (Fsp3) is 0.846. The van der Waals surface area contributed by atoms with Crippen LogP contribution in [0.3, 0.4) is 0 Å². The Balaban J connectivity index is 0.00000180. The highest BCUT2D eigenvalue weighted by Crippen LogP contribution is 2.22. The average molecular weight is 380 g/mol. The number of amides is 1. The summed E-state index contributed by atoms with van der Waals surface area (Å²) in [6.45, 7) is 4.79. The molecule has 3 N–H and O–H groups in total. The van der Waals surface area contributed by atoms with Gasteiger partial charge < -0.3 is 16.0 Å². The van der Waals surface area contributed by atoms with Gasteiger partial charge in [0.1, 0.15) is 0 Å². The van der Waals surface area contributed by atoms with E-state index in [2.05, 4.69) is 22.1 Å². The van der Waals surface area contributed by atoms with Gasteiger partial charge in [0, 0.05) is 32.1 Å². The molecule has 0 aromatic rings. The third kappa shape index (κ3) is 5.54. The molecule has 6 heteroatoms. The van der Waals surface area contributed by atoms with Crippen molar-refractivity contribution in [3.63, 3.8) is 0 Å². The van der Waals surface area contributed by atoms with Gasteiger partial charge in [-0.1, -0.05) is 0 Å². The topological polar surface area (TPSA) is 70.7 Å². The second-order valence-corrected chi connectivity index (χ2v) is 5.34. The van der Waals surface area contributed by atoms with Crippen molar-refractivity contribution < 1.29 is 4.79 Å². The molecule has 0 spiro atoms. The lowest BCUT2D eigenvalue weighted by Gasteiger charge is -2.34. The van der Waals surface area contributed by atoms with Crippen LogP contribution in [0.15, 0.2) is 4.99 Å². The number of carbonyl (C=O) groups excluding carboxylic acids is 1. The minimum Gasteiger partial charge on any atom is -0.370 e. The van der Waals surface area contributed by atoms with Crippen LogP contribution in [0, 0.1) is 5.92 Å². The summed E-state index contributed by atoms with van der Waals surface area (Å²) >= 11 is 0. The minimum atomic E-state index is -0.189. The zero-order chi connectivity index (χ0) is 13.0. The normalized spacial score (nSPS) is 23.7. The Labute approximate surface area is 132 Å². The molecular weight excluding hydrogens is 355 g/mol. The van der Waals surface area contributed by atoms with Crippen molar-refractivity contribution in [2.45, 2.75) is 45.1 Å². The largest absolute Gasteiger partial charge is 0.370 e. The maximum atomic E-state index is 11.0. The Morgan fingerprint density at radius 1 is 1.42 bits per heavy atom. The molecular formula is C13H25IN4O. The van der Waals surface area contributed by atoms with E-state index < -0.39 is 0 Å². The summed E-state index contributed by atoms with van der Waals surface area (Å²) in [6.07, 6.45) is 5.22. The molecule has 2 fully saturated rings. The Kier molecular flexibility index (Phi) is 6.88. The van der Waals surface area contributed by atoms with Gasteiger partial charge in [0.2, 0.25) is 5.91 Å². The fourth-order valence-corrected chi connectivity index (χ4v) is 2.51. The monoisotopic (exact) mass is 380 g/mol. The smallest absolute Gasteiger partial charge is 0.217 e. The molecule has 0 bridgehead atoms. The van der Waals surface area contributed by atoms with Crippen LogP contribution in [0.25, 0.3) is 0 Å². The molecule has 1 heterocycles. The van der Waals surface area contributed by atoms with Crippen molar-refractivity contribution in [1.82, 2.24) is 10.2 Å². The summed E-state index contributed by atoms with van der Waals surface area (Å²) in [5.74, 6) is 1.22. The molecule has 2 aliphatic rings. The maximum Gasteiger partial charge on any atom is 0.217 e. The number of rotatable bonds is 4. The molecule has 110 valence electrons. The van der Waals surface area contributed by atoms with Gasteiger partial charge in [-0.25, -0.2) is 0 Å². The quantitative estimate of drug-likeness (QED) is 0.439. The fourth-order valence-electron chi connectivity index (χ4n) is 2.51. The summed E-state index contributed by atoms with van der Waals surface area (Å²) in [4.78, 5) is 17.9. The standard InChI is InChI=1S/C13H24N4O.HI/c1-2-15-13(16-11-5-6-11)17-7-3-4-10(9-17)8-12(14)18;/h10-11H,2-9H2,1H3,(H2,14,18)(H,15,16);1H. The van der Waals surface area contributed by atoms with Gasteiger partial charge in [-0.3, -0.25) is 9.79 Å². The number of nitrogens with zero attached hydrogens (tertiary/aromatic N) is 2. The maximum absolute atomic E-state index is 11.0. The second kappa shape index (κ2) is 7.91. The first-order chi connectivity index (χ1) is 8.69. The van der Waals surface area contributed by atoms with Gasteiger partial charge in [0.15, 0.2) is 5.96 Å². The molecule has 1 aliphatic carbocycles. The number of hydrogen-bond donors (Lipinski definition) is 2. The van der Waals surface area contributed by atoms with E-state index in [1.165, 1.54) is 12.8 Å². The summed E-state index contributed by atoms with van der Waals surface area (Å²) in [5, 5.41) is 3.50. The molecule has 1 saturated heterocycles. The predicted octanol–water partition coefficient (Wildman–Crippen LogP) is 1.32. The number of halogens is 1. The minimum absolute atomic E-state index is 0. The number of nitrogens with two attached hydrogens (primary N) is 1. The number of primary amides is 1. The van der Waals surface area contributed by atoms with Gasteiger partial charge in [-0.15, -0.1) is 24.0 Å². The van der Waals surface area contributed by atoms with Crippen molar-refractivity contribution >= 4 is 35.8 Å². The van der Waals surface area contributed by atoms with Crippen molar-refractivity contribution in [2.75, 3.05) is 19.6 Å². The van der Waals surface area contributed by atoms with Crippen molar-refractivity contribution in [1.29, 1.82) is 0 Å². The van der Waals surface area contributed by atoms with Crippen molar-refractivity contribution in [3.05, 3.63) is 0 Å². The van der Waals surface area contributed by atoms with Crippen LogP contribution < -0.4 is 11.1 Å².